The number of likely N-dealkylation sites (N-methyl/N-ethyl adjacent to an activating group) is 1. The molecular formula is C19H23N5O2S. The van der Waals surface area contributed by atoms with Crippen molar-refractivity contribution in [1.82, 2.24) is 25.0 Å². The van der Waals surface area contributed by atoms with Crippen LogP contribution in [-0.4, -0.2) is 68.9 Å². The normalized spacial score (nSPS) is 16.7. The molecule has 1 fully saturated rings. The highest BCUT2D eigenvalue weighted by Crippen LogP contribution is 2.31. The second-order valence-electron chi connectivity index (χ2n) is 6.64. The van der Waals surface area contributed by atoms with Gasteiger partial charge in [0.2, 0.25) is 5.91 Å². The molecule has 1 aromatic carbocycles. The molecule has 0 spiro atoms. The molecule has 2 aromatic heterocycles. The molecule has 3 aromatic rings. The summed E-state index contributed by atoms with van der Waals surface area (Å²) in [7, 11) is 0. The lowest BCUT2D eigenvalue weighted by Gasteiger charge is -2.35. The third-order valence-corrected chi connectivity index (χ3v) is 5.90. The second-order valence-corrected chi connectivity index (χ2v) is 7.93. The van der Waals surface area contributed by atoms with E-state index in [0.717, 1.165) is 49.2 Å². The van der Waals surface area contributed by atoms with Crippen molar-refractivity contribution in [1.29, 1.82) is 0 Å². The van der Waals surface area contributed by atoms with Gasteiger partial charge in [-0.15, -0.1) is 10.2 Å². The van der Waals surface area contributed by atoms with Crippen molar-refractivity contribution >= 4 is 28.6 Å². The van der Waals surface area contributed by atoms with Crippen LogP contribution in [-0.2, 0) is 4.79 Å². The number of rotatable bonds is 5. The van der Waals surface area contributed by atoms with Crippen molar-refractivity contribution in [2.75, 3.05) is 32.7 Å². The molecule has 8 heteroatoms. The molecular weight excluding hydrogens is 362 g/mol. The van der Waals surface area contributed by atoms with Gasteiger partial charge in [0.15, 0.2) is 0 Å². The fraction of sp³-hybridized carbons (Fsp3) is 0.421. The molecule has 1 saturated heterocycles. The SMILES string of the molecule is CCN1CCN(C(=O)C(C)Sc2nnc(-c3c[nH]c4ccccc34)o2)CC1. The number of aromatic nitrogens is 3. The van der Waals surface area contributed by atoms with Crippen LogP contribution in [0.25, 0.3) is 22.4 Å². The van der Waals surface area contributed by atoms with E-state index in [1.54, 1.807) is 0 Å². The number of carbonyl (C=O) groups is 1. The Morgan fingerprint density at radius 3 is 2.81 bits per heavy atom. The molecule has 3 heterocycles. The summed E-state index contributed by atoms with van der Waals surface area (Å²) >= 11 is 1.32. The highest BCUT2D eigenvalue weighted by molar-refractivity contribution is 8.00. The molecule has 0 saturated carbocycles. The minimum absolute atomic E-state index is 0.127. The van der Waals surface area contributed by atoms with Crippen LogP contribution in [0.15, 0.2) is 40.1 Å². The number of amides is 1. The summed E-state index contributed by atoms with van der Waals surface area (Å²) < 4.78 is 5.82. The van der Waals surface area contributed by atoms with Crippen LogP contribution in [0.1, 0.15) is 13.8 Å². The zero-order valence-electron chi connectivity index (χ0n) is 15.5. The number of nitrogens with zero attached hydrogens (tertiary/aromatic N) is 4. The zero-order chi connectivity index (χ0) is 18.8. The number of H-pyrrole nitrogens is 1. The number of hydrogen-bond donors (Lipinski definition) is 1. The summed E-state index contributed by atoms with van der Waals surface area (Å²) in [6, 6.07) is 7.97. The highest BCUT2D eigenvalue weighted by Gasteiger charge is 2.26. The number of fused-ring (bicyclic) bond motifs is 1. The van der Waals surface area contributed by atoms with E-state index in [4.69, 9.17) is 4.42 Å². The van der Waals surface area contributed by atoms with Crippen molar-refractivity contribution in [3.8, 4) is 11.5 Å². The monoisotopic (exact) mass is 385 g/mol. The summed E-state index contributed by atoms with van der Waals surface area (Å²) in [5.41, 5.74) is 1.90. The van der Waals surface area contributed by atoms with Gasteiger partial charge in [0, 0.05) is 43.3 Å². The van der Waals surface area contributed by atoms with E-state index in [0.29, 0.717) is 11.1 Å². The average Bonchev–Trinajstić information content (AvgIpc) is 3.34. The van der Waals surface area contributed by atoms with Gasteiger partial charge in [-0.1, -0.05) is 36.9 Å². The van der Waals surface area contributed by atoms with Gasteiger partial charge in [-0.2, -0.15) is 0 Å². The van der Waals surface area contributed by atoms with Gasteiger partial charge >= 0.3 is 0 Å². The Bertz CT molecular complexity index is 929. The van der Waals surface area contributed by atoms with E-state index < -0.39 is 0 Å². The minimum Gasteiger partial charge on any atom is -0.411 e. The van der Waals surface area contributed by atoms with Crippen molar-refractivity contribution in [2.45, 2.75) is 24.3 Å². The predicted octanol–water partition coefficient (Wildman–Crippen LogP) is 2.86. The van der Waals surface area contributed by atoms with E-state index in [9.17, 15) is 4.79 Å². The van der Waals surface area contributed by atoms with Crippen LogP contribution >= 0.6 is 11.8 Å². The van der Waals surface area contributed by atoms with E-state index in [1.165, 1.54) is 11.8 Å². The third-order valence-electron chi connectivity index (χ3n) is 4.98. The maximum atomic E-state index is 12.7. The van der Waals surface area contributed by atoms with Gasteiger partial charge in [0.05, 0.1) is 10.8 Å². The van der Waals surface area contributed by atoms with Crippen LogP contribution in [0.4, 0.5) is 0 Å². The first kappa shape index (κ1) is 18.1. The molecule has 4 rings (SSSR count). The molecule has 142 valence electrons. The summed E-state index contributed by atoms with van der Waals surface area (Å²) in [6.45, 7) is 8.51. The highest BCUT2D eigenvalue weighted by atomic mass is 32.2. The third kappa shape index (κ3) is 3.72. The Morgan fingerprint density at radius 2 is 2.04 bits per heavy atom. The maximum absolute atomic E-state index is 12.7. The van der Waals surface area contributed by atoms with E-state index in [2.05, 4.69) is 27.0 Å². The fourth-order valence-electron chi connectivity index (χ4n) is 3.36. The standard InChI is InChI=1S/C19H23N5O2S/c1-3-23-8-10-24(11-9-23)18(25)13(2)27-19-22-21-17(26-19)15-12-20-16-7-5-4-6-14(15)16/h4-7,12-13,20H,3,8-11H2,1-2H3. The smallest absolute Gasteiger partial charge is 0.277 e. The second kappa shape index (κ2) is 7.74. The lowest BCUT2D eigenvalue weighted by atomic mass is 10.2. The first-order valence-corrected chi connectivity index (χ1v) is 10.1. The number of nitrogens with one attached hydrogen (secondary N) is 1. The van der Waals surface area contributed by atoms with Crippen molar-refractivity contribution in [3.05, 3.63) is 30.5 Å². The summed E-state index contributed by atoms with van der Waals surface area (Å²) in [4.78, 5) is 20.2. The van der Waals surface area contributed by atoms with E-state index in [1.807, 2.05) is 42.3 Å². The molecule has 1 unspecified atom stereocenters. The Balaban J connectivity index is 1.42. The Kier molecular flexibility index (Phi) is 5.18. The van der Waals surface area contributed by atoms with Crippen LogP contribution in [0, 0.1) is 0 Å². The Morgan fingerprint density at radius 1 is 1.26 bits per heavy atom. The van der Waals surface area contributed by atoms with E-state index in [-0.39, 0.29) is 11.2 Å². The molecule has 7 nitrogen and oxygen atoms in total. The first-order chi connectivity index (χ1) is 13.2. The Hall–Kier alpha value is -2.32. The number of carbonyl (C=O) groups excluding carboxylic acids is 1. The molecule has 1 atom stereocenters. The van der Waals surface area contributed by atoms with Gasteiger partial charge in [0.1, 0.15) is 0 Å². The lowest BCUT2D eigenvalue weighted by Crippen LogP contribution is -2.50. The van der Waals surface area contributed by atoms with Gasteiger partial charge in [-0.3, -0.25) is 4.79 Å². The van der Waals surface area contributed by atoms with Crippen LogP contribution in [0.5, 0.6) is 0 Å². The van der Waals surface area contributed by atoms with E-state index >= 15 is 0 Å². The maximum Gasteiger partial charge on any atom is 0.277 e. The van der Waals surface area contributed by atoms with Gasteiger partial charge in [0.25, 0.3) is 11.1 Å². The number of aromatic amines is 1. The molecule has 0 radical (unpaired) electrons. The van der Waals surface area contributed by atoms with Gasteiger partial charge in [-0.25, -0.2) is 0 Å². The molecule has 27 heavy (non-hydrogen) atoms. The minimum atomic E-state index is -0.255. The molecule has 1 aliphatic rings. The predicted molar refractivity (Wildman–Crippen MR) is 106 cm³/mol. The quantitative estimate of drug-likeness (QED) is 0.681. The number of para-hydroxylation sites is 1. The number of hydrogen-bond acceptors (Lipinski definition) is 6. The zero-order valence-corrected chi connectivity index (χ0v) is 16.3. The lowest BCUT2D eigenvalue weighted by molar-refractivity contribution is -0.132. The van der Waals surface area contributed by atoms with Gasteiger partial charge < -0.3 is 19.2 Å². The topological polar surface area (TPSA) is 78.3 Å². The summed E-state index contributed by atoms with van der Waals surface area (Å²) in [5, 5.41) is 9.49. The van der Waals surface area contributed by atoms with Gasteiger partial charge in [-0.05, 0) is 19.5 Å². The fourth-order valence-corrected chi connectivity index (χ4v) is 4.13. The van der Waals surface area contributed by atoms with Crippen molar-refractivity contribution in [3.63, 3.8) is 0 Å². The molecule has 0 aliphatic carbocycles. The number of thioether (sulfide) groups is 1. The molecule has 1 N–H and O–H groups in total. The molecule has 1 amide bonds. The molecule has 0 bridgehead atoms. The van der Waals surface area contributed by atoms with Crippen LogP contribution in [0.3, 0.4) is 0 Å². The van der Waals surface area contributed by atoms with Crippen molar-refractivity contribution in [2.24, 2.45) is 0 Å². The largest absolute Gasteiger partial charge is 0.411 e. The Labute approximate surface area is 162 Å². The summed E-state index contributed by atoms with van der Waals surface area (Å²) in [5.74, 6) is 0.591. The first-order valence-electron chi connectivity index (χ1n) is 9.23. The van der Waals surface area contributed by atoms with Crippen LogP contribution in [0.2, 0.25) is 0 Å². The average molecular weight is 385 g/mol. The number of benzene rings is 1. The number of piperazine rings is 1. The molecule has 1 aliphatic heterocycles. The summed E-state index contributed by atoms with van der Waals surface area (Å²) in [6.07, 6.45) is 1.87. The van der Waals surface area contributed by atoms with Crippen molar-refractivity contribution < 1.29 is 9.21 Å². The van der Waals surface area contributed by atoms with Crippen LogP contribution < -0.4 is 0 Å².